The zero-order valence-corrected chi connectivity index (χ0v) is 11.5. The first kappa shape index (κ1) is 11.7. The minimum Gasteiger partial charge on any atom is -0.317 e. The van der Waals surface area contributed by atoms with Crippen molar-refractivity contribution < 1.29 is 0 Å². The number of aromatic nitrogens is 1. The van der Waals surface area contributed by atoms with Gasteiger partial charge in [-0.2, -0.15) is 0 Å². The van der Waals surface area contributed by atoms with E-state index in [0.717, 1.165) is 5.92 Å². The van der Waals surface area contributed by atoms with Gasteiger partial charge in [0.2, 0.25) is 0 Å². The number of thiazole rings is 1. The van der Waals surface area contributed by atoms with Gasteiger partial charge in [0.25, 0.3) is 0 Å². The maximum absolute atomic E-state index is 4.93. The van der Waals surface area contributed by atoms with E-state index in [1.807, 2.05) is 11.3 Å². The Hall–Kier alpha value is -0.410. The van der Waals surface area contributed by atoms with Crippen molar-refractivity contribution in [3.63, 3.8) is 0 Å². The van der Waals surface area contributed by atoms with Gasteiger partial charge in [-0.25, -0.2) is 4.98 Å². The zero-order valence-electron chi connectivity index (χ0n) is 10.7. The molecule has 2 aliphatic carbocycles. The maximum atomic E-state index is 4.93. The SMILES string of the molecule is CNC1CCc2nc(C3CCCCC3)sc2C1. The van der Waals surface area contributed by atoms with Gasteiger partial charge in [0.15, 0.2) is 0 Å². The van der Waals surface area contributed by atoms with Crippen molar-refractivity contribution >= 4 is 11.3 Å². The van der Waals surface area contributed by atoms with Gasteiger partial charge in [0.05, 0.1) is 10.7 Å². The Morgan fingerprint density at radius 3 is 2.76 bits per heavy atom. The number of nitrogens with one attached hydrogen (secondary N) is 1. The second kappa shape index (κ2) is 5.07. The summed E-state index contributed by atoms with van der Waals surface area (Å²) in [5.41, 5.74) is 1.42. The average molecular weight is 250 g/mol. The molecule has 1 unspecified atom stereocenters. The van der Waals surface area contributed by atoms with Gasteiger partial charge in [-0.05, 0) is 39.2 Å². The second-order valence-corrected chi connectivity index (χ2v) is 6.60. The topological polar surface area (TPSA) is 24.9 Å². The van der Waals surface area contributed by atoms with Gasteiger partial charge in [0, 0.05) is 16.8 Å². The molecule has 1 atom stereocenters. The molecular weight excluding hydrogens is 228 g/mol. The molecule has 1 fully saturated rings. The van der Waals surface area contributed by atoms with E-state index < -0.39 is 0 Å². The summed E-state index contributed by atoms with van der Waals surface area (Å²) in [4.78, 5) is 6.50. The van der Waals surface area contributed by atoms with E-state index in [9.17, 15) is 0 Å². The highest BCUT2D eigenvalue weighted by Crippen LogP contribution is 2.37. The highest BCUT2D eigenvalue weighted by atomic mass is 32.1. The molecule has 3 heteroatoms. The summed E-state index contributed by atoms with van der Waals surface area (Å²) in [7, 11) is 2.08. The van der Waals surface area contributed by atoms with E-state index in [-0.39, 0.29) is 0 Å². The molecule has 1 aromatic rings. The number of aryl methyl sites for hydroxylation is 1. The summed E-state index contributed by atoms with van der Waals surface area (Å²) in [5.74, 6) is 0.785. The Kier molecular flexibility index (Phi) is 3.48. The first-order valence-electron chi connectivity index (χ1n) is 7.02. The largest absolute Gasteiger partial charge is 0.317 e. The van der Waals surface area contributed by atoms with Crippen molar-refractivity contribution in [1.29, 1.82) is 0 Å². The summed E-state index contributed by atoms with van der Waals surface area (Å²) in [6.07, 6.45) is 10.7. The van der Waals surface area contributed by atoms with Crippen LogP contribution in [0.4, 0.5) is 0 Å². The van der Waals surface area contributed by atoms with Gasteiger partial charge in [-0.1, -0.05) is 19.3 Å². The smallest absolute Gasteiger partial charge is 0.0962 e. The lowest BCUT2D eigenvalue weighted by Gasteiger charge is -2.19. The van der Waals surface area contributed by atoms with Crippen molar-refractivity contribution in [3.05, 3.63) is 15.6 Å². The van der Waals surface area contributed by atoms with Crippen LogP contribution in [-0.2, 0) is 12.8 Å². The van der Waals surface area contributed by atoms with E-state index in [4.69, 9.17) is 4.98 Å². The quantitative estimate of drug-likeness (QED) is 0.871. The van der Waals surface area contributed by atoms with E-state index in [1.54, 1.807) is 4.88 Å². The third-order valence-corrected chi connectivity index (χ3v) is 5.60. The molecule has 0 saturated heterocycles. The van der Waals surface area contributed by atoms with Crippen molar-refractivity contribution in [2.45, 2.75) is 63.3 Å². The second-order valence-electron chi connectivity index (χ2n) is 5.49. The molecule has 2 aliphatic rings. The number of hydrogen-bond donors (Lipinski definition) is 1. The molecule has 0 radical (unpaired) electrons. The van der Waals surface area contributed by atoms with E-state index >= 15 is 0 Å². The molecule has 0 spiro atoms. The summed E-state index contributed by atoms with van der Waals surface area (Å²) < 4.78 is 0. The molecule has 1 saturated carbocycles. The molecule has 1 heterocycles. The van der Waals surface area contributed by atoms with Crippen molar-refractivity contribution in [3.8, 4) is 0 Å². The first-order chi connectivity index (χ1) is 8.36. The molecule has 94 valence electrons. The minimum absolute atomic E-state index is 0.683. The van der Waals surface area contributed by atoms with Crippen molar-refractivity contribution in [2.75, 3.05) is 7.05 Å². The van der Waals surface area contributed by atoms with Crippen LogP contribution >= 0.6 is 11.3 Å². The third-order valence-electron chi connectivity index (χ3n) is 4.32. The molecular formula is C14H22N2S. The van der Waals surface area contributed by atoms with Crippen LogP contribution in [-0.4, -0.2) is 18.1 Å². The van der Waals surface area contributed by atoms with Crippen LogP contribution in [0.3, 0.4) is 0 Å². The first-order valence-corrected chi connectivity index (χ1v) is 7.84. The van der Waals surface area contributed by atoms with Gasteiger partial charge in [-0.15, -0.1) is 11.3 Å². The lowest BCUT2D eigenvalue weighted by molar-refractivity contribution is 0.441. The van der Waals surface area contributed by atoms with Crippen LogP contribution in [0, 0.1) is 0 Å². The fraction of sp³-hybridized carbons (Fsp3) is 0.786. The Labute approximate surface area is 108 Å². The average Bonchev–Trinajstić information content (AvgIpc) is 2.82. The van der Waals surface area contributed by atoms with Gasteiger partial charge in [0.1, 0.15) is 0 Å². The lowest BCUT2D eigenvalue weighted by atomic mass is 9.90. The fourth-order valence-corrected chi connectivity index (χ4v) is 4.53. The fourth-order valence-electron chi connectivity index (χ4n) is 3.17. The van der Waals surface area contributed by atoms with E-state index in [1.165, 1.54) is 62.1 Å². The van der Waals surface area contributed by atoms with Crippen LogP contribution in [0.1, 0.15) is 60.0 Å². The summed E-state index contributed by atoms with van der Waals surface area (Å²) in [6.45, 7) is 0. The molecule has 1 N–H and O–H groups in total. The molecule has 0 amide bonds. The Balaban J connectivity index is 1.77. The van der Waals surface area contributed by atoms with E-state index in [2.05, 4.69) is 12.4 Å². The predicted molar refractivity (Wildman–Crippen MR) is 72.8 cm³/mol. The van der Waals surface area contributed by atoms with Crippen LogP contribution in [0.5, 0.6) is 0 Å². The highest BCUT2D eigenvalue weighted by Gasteiger charge is 2.25. The number of likely N-dealkylation sites (N-methyl/N-ethyl adjacent to an activating group) is 1. The molecule has 0 bridgehead atoms. The number of nitrogens with zero attached hydrogens (tertiary/aromatic N) is 1. The van der Waals surface area contributed by atoms with Crippen LogP contribution < -0.4 is 5.32 Å². The van der Waals surface area contributed by atoms with Gasteiger partial charge >= 0.3 is 0 Å². The molecule has 0 aromatic carbocycles. The van der Waals surface area contributed by atoms with Crippen molar-refractivity contribution in [1.82, 2.24) is 10.3 Å². The summed E-state index contributed by atoms with van der Waals surface area (Å²) in [6, 6.07) is 0.683. The van der Waals surface area contributed by atoms with Gasteiger partial charge < -0.3 is 5.32 Å². The number of fused-ring (bicyclic) bond motifs is 1. The van der Waals surface area contributed by atoms with Crippen LogP contribution in [0.2, 0.25) is 0 Å². The number of hydrogen-bond acceptors (Lipinski definition) is 3. The molecule has 2 nitrogen and oxygen atoms in total. The van der Waals surface area contributed by atoms with Crippen LogP contribution in [0.25, 0.3) is 0 Å². The Morgan fingerprint density at radius 1 is 1.18 bits per heavy atom. The van der Waals surface area contributed by atoms with E-state index in [0.29, 0.717) is 6.04 Å². The Bertz CT molecular complexity index is 380. The van der Waals surface area contributed by atoms with Crippen molar-refractivity contribution in [2.24, 2.45) is 0 Å². The summed E-state index contributed by atoms with van der Waals surface area (Å²) in [5, 5.41) is 4.86. The maximum Gasteiger partial charge on any atom is 0.0962 e. The summed E-state index contributed by atoms with van der Waals surface area (Å²) >= 11 is 2.01. The normalized spacial score (nSPS) is 25.8. The molecule has 17 heavy (non-hydrogen) atoms. The lowest BCUT2D eigenvalue weighted by Crippen LogP contribution is -2.30. The predicted octanol–water partition coefficient (Wildman–Crippen LogP) is 3.27. The van der Waals surface area contributed by atoms with Crippen LogP contribution in [0.15, 0.2) is 0 Å². The molecule has 0 aliphatic heterocycles. The number of rotatable bonds is 2. The monoisotopic (exact) mass is 250 g/mol. The minimum atomic E-state index is 0.683. The van der Waals surface area contributed by atoms with Gasteiger partial charge in [-0.3, -0.25) is 0 Å². The molecule has 1 aromatic heterocycles. The highest BCUT2D eigenvalue weighted by molar-refractivity contribution is 7.11. The molecule has 3 rings (SSSR count). The zero-order chi connectivity index (χ0) is 11.7. The standard InChI is InChI=1S/C14H22N2S/c1-15-11-7-8-12-13(9-11)17-14(16-12)10-5-3-2-4-6-10/h10-11,15H,2-9H2,1H3. The Morgan fingerprint density at radius 2 is 2.00 bits per heavy atom. The third kappa shape index (κ3) is 2.41.